The maximum Gasteiger partial charge on any atom is 0.573 e. The highest BCUT2D eigenvalue weighted by atomic mass is 19.4. The van der Waals surface area contributed by atoms with E-state index in [0.717, 1.165) is 12.1 Å². The molecule has 0 bridgehead atoms. The largest absolute Gasteiger partial charge is 0.573 e. The zero-order valence-corrected chi connectivity index (χ0v) is 18.5. The fourth-order valence-corrected chi connectivity index (χ4v) is 3.39. The first kappa shape index (κ1) is 26.4. The molecule has 3 rings (SSSR count). The topological polar surface area (TPSA) is 153 Å². The first-order valence-electron chi connectivity index (χ1n) is 10.6. The normalized spacial score (nSPS) is 22.1. The van der Waals surface area contributed by atoms with Gasteiger partial charge in [-0.1, -0.05) is 5.16 Å². The van der Waals surface area contributed by atoms with Gasteiger partial charge in [0, 0.05) is 24.9 Å². The molecule has 11 nitrogen and oxygen atoms in total. The summed E-state index contributed by atoms with van der Waals surface area (Å²) < 4.78 is 55.9. The molecule has 3 N–H and O–H groups in total. The van der Waals surface area contributed by atoms with Crippen LogP contribution in [-0.4, -0.2) is 76.7 Å². The predicted octanol–water partition coefficient (Wildman–Crippen LogP) is 1.13. The number of benzene rings is 1. The Morgan fingerprint density at radius 3 is 2.46 bits per heavy atom. The van der Waals surface area contributed by atoms with Crippen LogP contribution in [0.5, 0.6) is 5.75 Å². The molecule has 1 saturated heterocycles. The monoisotopic (exact) mass is 503 g/mol. The standard InChI is InChI=1S/C21H24F3N3O8/c1-32-17(29)4-2-3-15(28)25-10-14-19(31)18(30)13(33-14)9-16-26-20(27-35-16)11-5-7-12(8-6-11)34-21(22,23)24/h5-8,13-14,18-19,30-31H,2-4,9-10H2,1H3,(H,25,28)/t13-,14-,18-,19+/m0/s1. The number of aromatic nitrogens is 2. The molecule has 0 aliphatic carbocycles. The lowest BCUT2D eigenvalue weighted by Crippen LogP contribution is -2.39. The molecule has 1 aromatic heterocycles. The van der Waals surface area contributed by atoms with Crippen LogP contribution in [0.25, 0.3) is 11.4 Å². The lowest BCUT2D eigenvalue weighted by atomic mass is 10.1. The molecular formula is C21H24F3N3O8. The summed E-state index contributed by atoms with van der Waals surface area (Å²) in [6, 6.07) is 4.86. The van der Waals surface area contributed by atoms with Crippen LogP contribution in [0.4, 0.5) is 13.2 Å². The van der Waals surface area contributed by atoms with Crippen LogP contribution in [-0.2, 0) is 25.5 Å². The molecule has 2 heterocycles. The Labute approximate surface area is 197 Å². The van der Waals surface area contributed by atoms with Gasteiger partial charge in [-0.15, -0.1) is 13.2 Å². The Kier molecular flexibility index (Phi) is 8.64. The highest BCUT2D eigenvalue weighted by molar-refractivity contribution is 5.77. The number of alkyl halides is 3. The number of hydrogen-bond acceptors (Lipinski definition) is 10. The predicted molar refractivity (Wildman–Crippen MR) is 110 cm³/mol. The van der Waals surface area contributed by atoms with E-state index in [1.54, 1.807) is 0 Å². The van der Waals surface area contributed by atoms with Crippen LogP contribution in [0.3, 0.4) is 0 Å². The van der Waals surface area contributed by atoms with E-state index in [1.807, 2.05) is 0 Å². The molecule has 192 valence electrons. The maximum atomic E-state index is 12.3. The third-order valence-electron chi connectivity index (χ3n) is 5.16. The number of aliphatic hydroxyl groups is 2. The number of carbonyl (C=O) groups excluding carboxylic acids is 2. The second kappa shape index (κ2) is 11.5. The Morgan fingerprint density at radius 1 is 1.11 bits per heavy atom. The van der Waals surface area contributed by atoms with Gasteiger partial charge in [-0.05, 0) is 30.7 Å². The number of rotatable bonds is 10. The van der Waals surface area contributed by atoms with Gasteiger partial charge < -0.3 is 34.3 Å². The van der Waals surface area contributed by atoms with Gasteiger partial charge in [-0.2, -0.15) is 4.98 Å². The van der Waals surface area contributed by atoms with Crippen molar-refractivity contribution in [2.45, 2.75) is 56.5 Å². The minimum atomic E-state index is -4.81. The third-order valence-corrected chi connectivity index (χ3v) is 5.16. The van der Waals surface area contributed by atoms with Crippen LogP contribution in [0, 0.1) is 0 Å². The van der Waals surface area contributed by atoms with Crippen molar-refractivity contribution in [1.29, 1.82) is 0 Å². The number of ether oxygens (including phenoxy) is 3. The summed E-state index contributed by atoms with van der Waals surface area (Å²) in [6.07, 6.45) is -8.73. The highest BCUT2D eigenvalue weighted by Crippen LogP contribution is 2.27. The summed E-state index contributed by atoms with van der Waals surface area (Å²) in [5.74, 6) is -1.00. The van der Waals surface area contributed by atoms with Gasteiger partial charge in [-0.3, -0.25) is 9.59 Å². The third kappa shape index (κ3) is 7.63. The Hall–Kier alpha value is -3.23. The van der Waals surface area contributed by atoms with Crippen LogP contribution in [0.15, 0.2) is 28.8 Å². The zero-order valence-electron chi connectivity index (χ0n) is 18.5. The molecule has 0 radical (unpaired) electrons. The first-order valence-corrected chi connectivity index (χ1v) is 10.6. The Morgan fingerprint density at radius 2 is 1.80 bits per heavy atom. The molecule has 0 saturated carbocycles. The maximum absolute atomic E-state index is 12.3. The van der Waals surface area contributed by atoms with Gasteiger partial charge in [0.05, 0.1) is 19.6 Å². The molecule has 0 spiro atoms. The number of methoxy groups -OCH3 is 1. The van der Waals surface area contributed by atoms with Crippen molar-refractivity contribution in [2.75, 3.05) is 13.7 Å². The SMILES string of the molecule is COC(=O)CCCC(=O)NC[C@@H]1O[C@@H](Cc2nc(-c3ccc(OC(F)(F)F)cc3)no2)[C@H](O)[C@@H]1O. The average molecular weight is 503 g/mol. The van der Waals surface area contributed by atoms with Crippen molar-refractivity contribution in [3.05, 3.63) is 30.2 Å². The fourth-order valence-electron chi connectivity index (χ4n) is 3.39. The average Bonchev–Trinajstić information content (AvgIpc) is 3.37. The summed E-state index contributed by atoms with van der Waals surface area (Å²) in [7, 11) is 1.26. The summed E-state index contributed by atoms with van der Waals surface area (Å²) in [6.45, 7) is -0.0623. The van der Waals surface area contributed by atoms with Crippen LogP contribution < -0.4 is 10.1 Å². The smallest absolute Gasteiger partial charge is 0.469 e. The number of aliphatic hydroxyl groups excluding tert-OH is 2. The molecule has 2 aromatic rings. The molecular weight excluding hydrogens is 479 g/mol. The highest BCUT2D eigenvalue weighted by Gasteiger charge is 2.43. The quantitative estimate of drug-likeness (QED) is 0.402. The zero-order chi connectivity index (χ0) is 25.6. The summed E-state index contributed by atoms with van der Waals surface area (Å²) >= 11 is 0. The first-order chi connectivity index (χ1) is 16.6. The lowest BCUT2D eigenvalue weighted by molar-refractivity contribution is -0.274. The van der Waals surface area contributed by atoms with Gasteiger partial charge in [0.2, 0.25) is 17.6 Å². The molecule has 1 aromatic carbocycles. The van der Waals surface area contributed by atoms with E-state index in [-0.39, 0.29) is 43.4 Å². The molecule has 14 heteroatoms. The van der Waals surface area contributed by atoms with Crippen LogP contribution in [0.2, 0.25) is 0 Å². The van der Waals surface area contributed by atoms with Crippen molar-refractivity contribution in [3.8, 4) is 17.1 Å². The number of esters is 1. The minimum Gasteiger partial charge on any atom is -0.469 e. The van der Waals surface area contributed by atoms with E-state index in [0.29, 0.717) is 12.0 Å². The van der Waals surface area contributed by atoms with Gasteiger partial charge in [-0.25, -0.2) is 0 Å². The van der Waals surface area contributed by atoms with E-state index in [1.165, 1.54) is 19.2 Å². The summed E-state index contributed by atoms with van der Waals surface area (Å²) in [5.41, 5.74) is 0.371. The Balaban J connectivity index is 1.50. The van der Waals surface area contributed by atoms with E-state index >= 15 is 0 Å². The number of amides is 1. The molecule has 0 unspecified atom stereocenters. The van der Waals surface area contributed by atoms with Crippen molar-refractivity contribution in [1.82, 2.24) is 15.5 Å². The number of carbonyl (C=O) groups is 2. The Bertz CT molecular complexity index is 998. The summed E-state index contributed by atoms with van der Waals surface area (Å²) in [5, 5.41) is 26.9. The molecule has 1 amide bonds. The lowest BCUT2D eigenvalue weighted by Gasteiger charge is -2.15. The second-order valence-electron chi connectivity index (χ2n) is 7.72. The molecule has 4 atom stereocenters. The molecule has 1 aliphatic rings. The van der Waals surface area contributed by atoms with Crippen molar-refractivity contribution >= 4 is 11.9 Å². The minimum absolute atomic E-state index is 0.0515. The van der Waals surface area contributed by atoms with Crippen molar-refractivity contribution in [2.24, 2.45) is 0 Å². The van der Waals surface area contributed by atoms with E-state index in [4.69, 9.17) is 9.26 Å². The molecule has 1 fully saturated rings. The fraction of sp³-hybridized carbons (Fsp3) is 0.524. The van der Waals surface area contributed by atoms with Gasteiger partial charge in [0.25, 0.3) is 0 Å². The molecule has 35 heavy (non-hydrogen) atoms. The summed E-state index contributed by atoms with van der Waals surface area (Å²) in [4.78, 5) is 27.1. The number of nitrogens with one attached hydrogen (secondary N) is 1. The van der Waals surface area contributed by atoms with E-state index in [9.17, 15) is 33.0 Å². The second-order valence-corrected chi connectivity index (χ2v) is 7.72. The van der Waals surface area contributed by atoms with Crippen molar-refractivity contribution < 1.29 is 51.7 Å². The number of nitrogens with zero attached hydrogens (tertiary/aromatic N) is 2. The van der Waals surface area contributed by atoms with E-state index in [2.05, 4.69) is 24.9 Å². The number of halogens is 3. The number of hydrogen-bond donors (Lipinski definition) is 3. The van der Waals surface area contributed by atoms with Gasteiger partial charge in [0.1, 0.15) is 24.1 Å². The van der Waals surface area contributed by atoms with Crippen LogP contribution >= 0.6 is 0 Å². The van der Waals surface area contributed by atoms with Crippen molar-refractivity contribution in [3.63, 3.8) is 0 Å². The van der Waals surface area contributed by atoms with E-state index < -0.39 is 42.5 Å². The van der Waals surface area contributed by atoms with Crippen LogP contribution in [0.1, 0.15) is 25.2 Å². The van der Waals surface area contributed by atoms with Gasteiger partial charge >= 0.3 is 12.3 Å². The molecule has 1 aliphatic heterocycles. The van der Waals surface area contributed by atoms with Gasteiger partial charge in [0.15, 0.2) is 0 Å².